The van der Waals surface area contributed by atoms with Crippen LogP contribution in [0.1, 0.15) is 22.5 Å². The Balaban J connectivity index is 1.67. The lowest BCUT2D eigenvalue weighted by molar-refractivity contribution is -0.147. The van der Waals surface area contributed by atoms with Crippen LogP contribution in [-0.2, 0) is 34.3 Å². The van der Waals surface area contributed by atoms with E-state index in [1.807, 2.05) is 81.6 Å². The number of benzene rings is 2. The Kier molecular flexibility index (Phi) is 6.44. The van der Waals surface area contributed by atoms with Crippen LogP contribution >= 0.6 is 0 Å². The first-order valence-corrected chi connectivity index (χ1v) is 9.49. The number of aromatic nitrogens is 2. The van der Waals surface area contributed by atoms with Crippen molar-refractivity contribution in [2.24, 2.45) is 7.05 Å². The van der Waals surface area contributed by atoms with Gasteiger partial charge in [0.1, 0.15) is 0 Å². The smallest absolute Gasteiger partial charge is 0.310 e. The van der Waals surface area contributed by atoms with Crippen LogP contribution in [0.2, 0.25) is 0 Å². The first-order valence-electron chi connectivity index (χ1n) is 9.49. The van der Waals surface area contributed by atoms with Gasteiger partial charge >= 0.3 is 5.97 Å². The Hall–Kier alpha value is -3.41. The molecule has 0 aliphatic rings. The number of esters is 1. The van der Waals surface area contributed by atoms with Crippen molar-refractivity contribution in [1.82, 2.24) is 9.78 Å². The zero-order valence-corrected chi connectivity index (χ0v) is 17.0. The average Bonchev–Trinajstić information content (AvgIpc) is 2.97. The minimum absolute atomic E-state index is 0.100. The monoisotopic (exact) mass is 391 g/mol. The predicted octanol–water partition coefficient (Wildman–Crippen LogP) is 3.36. The summed E-state index contributed by atoms with van der Waals surface area (Å²) in [5, 5.41) is 4.31. The summed E-state index contributed by atoms with van der Waals surface area (Å²) in [6, 6.07) is 19.1. The van der Waals surface area contributed by atoms with Crippen LogP contribution in [0.15, 0.2) is 60.7 Å². The molecule has 29 heavy (non-hydrogen) atoms. The van der Waals surface area contributed by atoms with E-state index in [9.17, 15) is 9.59 Å². The van der Waals surface area contributed by atoms with E-state index in [0.29, 0.717) is 6.54 Å². The summed E-state index contributed by atoms with van der Waals surface area (Å²) in [5.74, 6) is -0.710. The molecule has 3 rings (SSSR count). The molecule has 0 atom stereocenters. The van der Waals surface area contributed by atoms with Gasteiger partial charge in [-0.15, -0.1) is 0 Å². The van der Waals surface area contributed by atoms with Gasteiger partial charge in [-0.05, 0) is 31.5 Å². The molecule has 0 aliphatic carbocycles. The molecular weight excluding hydrogens is 366 g/mol. The molecule has 0 fully saturated rings. The average molecular weight is 391 g/mol. The molecule has 1 amide bonds. The normalized spacial score (nSPS) is 10.6. The Morgan fingerprint density at radius 1 is 1.00 bits per heavy atom. The zero-order valence-electron chi connectivity index (χ0n) is 17.0. The van der Waals surface area contributed by atoms with Crippen LogP contribution in [-0.4, -0.2) is 28.3 Å². The Labute approximate surface area is 170 Å². The lowest BCUT2D eigenvalue weighted by Gasteiger charge is -2.23. The van der Waals surface area contributed by atoms with Crippen molar-refractivity contribution in [1.29, 1.82) is 0 Å². The van der Waals surface area contributed by atoms with Crippen molar-refractivity contribution in [2.75, 3.05) is 11.5 Å². The third kappa shape index (κ3) is 5.10. The fraction of sp³-hybridized carbons (Fsp3) is 0.261. The van der Waals surface area contributed by atoms with Gasteiger partial charge in [0.05, 0.1) is 18.7 Å². The fourth-order valence-electron chi connectivity index (χ4n) is 3.19. The van der Waals surface area contributed by atoms with Crippen molar-refractivity contribution < 1.29 is 14.3 Å². The van der Waals surface area contributed by atoms with E-state index in [2.05, 4.69) is 5.10 Å². The van der Waals surface area contributed by atoms with Gasteiger partial charge in [0, 0.05) is 24.0 Å². The van der Waals surface area contributed by atoms with Crippen molar-refractivity contribution >= 4 is 17.6 Å². The molecule has 0 bridgehead atoms. The van der Waals surface area contributed by atoms with Crippen molar-refractivity contribution in [3.63, 3.8) is 0 Å². The minimum Gasteiger partial charge on any atom is -0.455 e. The van der Waals surface area contributed by atoms with Crippen LogP contribution in [0, 0.1) is 13.8 Å². The summed E-state index contributed by atoms with van der Waals surface area (Å²) < 4.78 is 7.04. The standard InChI is InChI=1S/C23H25N3O3/c1-17-21(18(2)25(3)24-17)14-23(28)29-16-22(27)26(20-12-8-5-9-13-20)15-19-10-6-4-7-11-19/h4-13H,14-16H2,1-3H3. The van der Waals surface area contributed by atoms with Gasteiger partial charge in [0.2, 0.25) is 0 Å². The lowest BCUT2D eigenvalue weighted by Crippen LogP contribution is -2.34. The summed E-state index contributed by atoms with van der Waals surface area (Å²) in [7, 11) is 1.84. The number of hydrogen-bond acceptors (Lipinski definition) is 4. The van der Waals surface area contributed by atoms with E-state index < -0.39 is 5.97 Å². The number of ether oxygens (including phenoxy) is 1. The maximum absolute atomic E-state index is 12.9. The zero-order chi connectivity index (χ0) is 20.8. The molecule has 3 aromatic rings. The lowest BCUT2D eigenvalue weighted by atomic mass is 10.1. The second kappa shape index (κ2) is 9.19. The SMILES string of the molecule is Cc1nn(C)c(C)c1CC(=O)OCC(=O)N(Cc1ccccc1)c1ccccc1. The topological polar surface area (TPSA) is 64.4 Å². The Morgan fingerprint density at radius 2 is 1.62 bits per heavy atom. The Bertz CT molecular complexity index is 981. The summed E-state index contributed by atoms with van der Waals surface area (Å²) in [4.78, 5) is 26.8. The van der Waals surface area contributed by atoms with E-state index in [0.717, 1.165) is 28.2 Å². The number of anilines is 1. The quantitative estimate of drug-likeness (QED) is 0.580. The first-order chi connectivity index (χ1) is 14.0. The highest BCUT2D eigenvalue weighted by Crippen LogP contribution is 2.18. The largest absolute Gasteiger partial charge is 0.455 e. The van der Waals surface area contributed by atoms with E-state index >= 15 is 0 Å². The number of nitrogens with zero attached hydrogens (tertiary/aromatic N) is 3. The van der Waals surface area contributed by atoms with Crippen molar-refractivity contribution in [3.05, 3.63) is 83.2 Å². The van der Waals surface area contributed by atoms with Crippen LogP contribution < -0.4 is 4.90 Å². The molecule has 2 aromatic carbocycles. The van der Waals surface area contributed by atoms with E-state index in [1.165, 1.54) is 0 Å². The highest BCUT2D eigenvalue weighted by Gasteiger charge is 2.20. The molecule has 6 heteroatoms. The molecule has 0 saturated heterocycles. The third-order valence-electron chi connectivity index (χ3n) is 4.89. The molecule has 6 nitrogen and oxygen atoms in total. The first kappa shape index (κ1) is 20.3. The van der Waals surface area contributed by atoms with E-state index in [-0.39, 0.29) is 18.9 Å². The van der Waals surface area contributed by atoms with Gasteiger partial charge in [0.25, 0.3) is 5.91 Å². The molecular formula is C23H25N3O3. The van der Waals surface area contributed by atoms with Gasteiger partial charge in [-0.25, -0.2) is 0 Å². The fourth-order valence-corrected chi connectivity index (χ4v) is 3.19. The second-order valence-electron chi connectivity index (χ2n) is 6.91. The molecule has 1 aromatic heterocycles. The maximum atomic E-state index is 12.9. The van der Waals surface area contributed by atoms with Gasteiger partial charge in [-0.3, -0.25) is 14.3 Å². The van der Waals surface area contributed by atoms with Gasteiger partial charge in [-0.1, -0.05) is 48.5 Å². The summed E-state index contributed by atoms with van der Waals surface area (Å²) in [6.07, 6.45) is 0.100. The van der Waals surface area contributed by atoms with Crippen molar-refractivity contribution in [2.45, 2.75) is 26.8 Å². The molecule has 0 unspecified atom stereocenters. The number of para-hydroxylation sites is 1. The number of amides is 1. The molecule has 0 aliphatic heterocycles. The van der Waals surface area contributed by atoms with Crippen LogP contribution in [0.3, 0.4) is 0 Å². The van der Waals surface area contributed by atoms with Crippen LogP contribution in [0.5, 0.6) is 0 Å². The minimum atomic E-state index is -0.440. The molecule has 1 heterocycles. The van der Waals surface area contributed by atoms with Gasteiger partial charge in [0.15, 0.2) is 6.61 Å². The molecule has 0 saturated carbocycles. The number of aryl methyl sites for hydroxylation is 2. The Morgan fingerprint density at radius 3 is 2.21 bits per heavy atom. The van der Waals surface area contributed by atoms with Gasteiger partial charge < -0.3 is 9.64 Å². The van der Waals surface area contributed by atoms with Crippen LogP contribution in [0.4, 0.5) is 5.69 Å². The second-order valence-corrected chi connectivity index (χ2v) is 6.91. The van der Waals surface area contributed by atoms with Crippen LogP contribution in [0.25, 0.3) is 0 Å². The molecule has 150 valence electrons. The van der Waals surface area contributed by atoms with Crippen molar-refractivity contribution in [3.8, 4) is 0 Å². The predicted molar refractivity (Wildman–Crippen MR) is 111 cm³/mol. The molecule has 0 spiro atoms. The highest BCUT2D eigenvalue weighted by molar-refractivity contribution is 5.95. The van der Waals surface area contributed by atoms with Gasteiger partial charge in [-0.2, -0.15) is 5.10 Å². The third-order valence-corrected chi connectivity index (χ3v) is 4.89. The maximum Gasteiger partial charge on any atom is 0.310 e. The number of carbonyl (C=O) groups is 2. The summed E-state index contributed by atoms with van der Waals surface area (Å²) in [6.45, 7) is 3.86. The van der Waals surface area contributed by atoms with E-state index in [1.54, 1.807) is 9.58 Å². The summed E-state index contributed by atoms with van der Waals surface area (Å²) >= 11 is 0. The molecule has 0 N–H and O–H groups in total. The number of hydrogen-bond donors (Lipinski definition) is 0. The number of carbonyl (C=O) groups excluding carboxylic acids is 2. The molecule has 0 radical (unpaired) electrons. The summed E-state index contributed by atoms with van der Waals surface area (Å²) in [5.41, 5.74) is 4.31. The van der Waals surface area contributed by atoms with E-state index in [4.69, 9.17) is 4.74 Å². The highest BCUT2D eigenvalue weighted by atomic mass is 16.5. The number of rotatable bonds is 7.